The van der Waals surface area contributed by atoms with Gasteiger partial charge in [0.05, 0.1) is 6.54 Å². The summed E-state index contributed by atoms with van der Waals surface area (Å²) in [7, 11) is 0. The number of rotatable bonds is 2. The minimum atomic E-state index is 0.531. The molecule has 2 heterocycles. The lowest BCUT2D eigenvalue weighted by molar-refractivity contribution is 0.199. The fourth-order valence-electron chi connectivity index (χ4n) is 1.64. The Labute approximate surface area is 92.3 Å². The Balaban J connectivity index is 1.90. The zero-order valence-corrected chi connectivity index (χ0v) is 9.61. The molecule has 1 aliphatic rings. The van der Waals surface area contributed by atoms with E-state index < -0.39 is 0 Å². The van der Waals surface area contributed by atoms with Crippen molar-refractivity contribution in [3.63, 3.8) is 0 Å². The molecule has 1 aromatic heterocycles. The highest BCUT2D eigenvalue weighted by molar-refractivity contribution is 7.15. The molecule has 1 N–H and O–H groups in total. The molecular formula is C8H13ClN4S. The standard InChI is InChI=1S/C8H13ClN4S/c1-6-4-13(3-2-10-6)5-7-11-12-8(9)14-7/h6,10H,2-5H2,1H3. The Morgan fingerprint density at radius 3 is 3.14 bits per heavy atom. The van der Waals surface area contributed by atoms with Crippen molar-refractivity contribution in [3.05, 3.63) is 9.47 Å². The van der Waals surface area contributed by atoms with Crippen LogP contribution in [0.3, 0.4) is 0 Å². The van der Waals surface area contributed by atoms with Gasteiger partial charge in [-0.2, -0.15) is 0 Å². The van der Waals surface area contributed by atoms with E-state index in [1.54, 1.807) is 0 Å². The van der Waals surface area contributed by atoms with E-state index in [1.165, 1.54) is 11.3 Å². The Hall–Kier alpha value is -0.230. The first-order valence-electron chi connectivity index (χ1n) is 4.67. The smallest absolute Gasteiger partial charge is 0.207 e. The second-order valence-electron chi connectivity index (χ2n) is 3.54. The fourth-order valence-corrected chi connectivity index (χ4v) is 2.55. The van der Waals surface area contributed by atoms with Crippen LogP contribution in [-0.2, 0) is 6.54 Å². The molecule has 2 rings (SSSR count). The molecule has 0 saturated carbocycles. The predicted octanol–water partition coefficient (Wildman–Crippen LogP) is 0.985. The Kier molecular flexibility index (Phi) is 3.33. The van der Waals surface area contributed by atoms with Crippen LogP contribution >= 0.6 is 22.9 Å². The molecule has 1 aliphatic heterocycles. The lowest BCUT2D eigenvalue weighted by Crippen LogP contribution is -2.48. The van der Waals surface area contributed by atoms with Gasteiger partial charge in [0.1, 0.15) is 5.01 Å². The summed E-state index contributed by atoms with van der Waals surface area (Å²) >= 11 is 7.18. The van der Waals surface area contributed by atoms with Gasteiger partial charge in [-0.15, -0.1) is 10.2 Å². The van der Waals surface area contributed by atoms with Crippen LogP contribution in [0.15, 0.2) is 0 Å². The fraction of sp³-hybridized carbons (Fsp3) is 0.750. The summed E-state index contributed by atoms with van der Waals surface area (Å²) in [5, 5.41) is 12.2. The van der Waals surface area contributed by atoms with Crippen molar-refractivity contribution in [3.8, 4) is 0 Å². The highest BCUT2D eigenvalue weighted by Crippen LogP contribution is 2.16. The van der Waals surface area contributed by atoms with Crippen molar-refractivity contribution >= 4 is 22.9 Å². The van der Waals surface area contributed by atoms with Crippen LogP contribution in [0.25, 0.3) is 0 Å². The van der Waals surface area contributed by atoms with Crippen LogP contribution in [0.2, 0.25) is 4.47 Å². The molecule has 14 heavy (non-hydrogen) atoms. The normalized spacial score (nSPS) is 24.0. The van der Waals surface area contributed by atoms with Gasteiger partial charge in [-0.1, -0.05) is 11.3 Å². The number of aromatic nitrogens is 2. The van der Waals surface area contributed by atoms with Crippen LogP contribution < -0.4 is 5.32 Å². The molecule has 6 heteroatoms. The summed E-state index contributed by atoms with van der Waals surface area (Å²) in [5.74, 6) is 0. The third-order valence-electron chi connectivity index (χ3n) is 2.25. The Morgan fingerprint density at radius 2 is 2.50 bits per heavy atom. The summed E-state index contributed by atoms with van der Waals surface area (Å²) in [6.07, 6.45) is 0. The average molecular weight is 233 g/mol. The zero-order valence-electron chi connectivity index (χ0n) is 8.03. The van der Waals surface area contributed by atoms with Crippen molar-refractivity contribution in [2.24, 2.45) is 0 Å². The van der Waals surface area contributed by atoms with E-state index in [4.69, 9.17) is 11.6 Å². The molecule has 1 saturated heterocycles. The van der Waals surface area contributed by atoms with Crippen molar-refractivity contribution in [1.29, 1.82) is 0 Å². The summed E-state index contributed by atoms with van der Waals surface area (Å²) in [4.78, 5) is 2.37. The van der Waals surface area contributed by atoms with E-state index >= 15 is 0 Å². The van der Waals surface area contributed by atoms with Gasteiger partial charge < -0.3 is 5.32 Å². The van der Waals surface area contributed by atoms with E-state index in [9.17, 15) is 0 Å². The molecule has 0 aromatic carbocycles. The molecule has 1 atom stereocenters. The van der Waals surface area contributed by atoms with E-state index in [0.29, 0.717) is 10.5 Å². The molecule has 0 spiro atoms. The number of nitrogens with one attached hydrogen (secondary N) is 1. The van der Waals surface area contributed by atoms with Crippen LogP contribution in [0.4, 0.5) is 0 Å². The summed E-state index contributed by atoms with van der Waals surface area (Å²) in [6.45, 7) is 6.25. The maximum atomic E-state index is 5.72. The minimum Gasteiger partial charge on any atom is -0.312 e. The van der Waals surface area contributed by atoms with Crippen molar-refractivity contribution < 1.29 is 0 Å². The number of halogens is 1. The van der Waals surface area contributed by atoms with Gasteiger partial charge >= 0.3 is 0 Å². The zero-order chi connectivity index (χ0) is 9.97. The molecule has 1 aromatic rings. The van der Waals surface area contributed by atoms with Gasteiger partial charge in [0.2, 0.25) is 4.47 Å². The monoisotopic (exact) mass is 232 g/mol. The molecule has 0 radical (unpaired) electrons. The van der Waals surface area contributed by atoms with E-state index in [2.05, 4.69) is 27.3 Å². The first-order valence-corrected chi connectivity index (χ1v) is 5.87. The molecular weight excluding hydrogens is 220 g/mol. The van der Waals surface area contributed by atoms with Crippen molar-refractivity contribution in [1.82, 2.24) is 20.4 Å². The Bertz CT molecular complexity index is 303. The van der Waals surface area contributed by atoms with Gasteiger partial charge in [0.25, 0.3) is 0 Å². The number of hydrogen-bond acceptors (Lipinski definition) is 5. The second-order valence-corrected chi connectivity index (χ2v) is 5.18. The van der Waals surface area contributed by atoms with Crippen LogP contribution in [0.5, 0.6) is 0 Å². The van der Waals surface area contributed by atoms with Crippen LogP contribution in [-0.4, -0.2) is 40.8 Å². The Morgan fingerprint density at radius 1 is 1.64 bits per heavy atom. The first kappa shape index (κ1) is 10.3. The average Bonchev–Trinajstić information content (AvgIpc) is 2.51. The van der Waals surface area contributed by atoms with Gasteiger partial charge in [-0.05, 0) is 18.5 Å². The van der Waals surface area contributed by atoms with Gasteiger partial charge in [0, 0.05) is 25.7 Å². The van der Waals surface area contributed by atoms with E-state index in [1.807, 2.05) is 0 Å². The summed E-state index contributed by atoms with van der Waals surface area (Å²) in [5.41, 5.74) is 0. The molecule has 1 fully saturated rings. The van der Waals surface area contributed by atoms with E-state index in [0.717, 1.165) is 31.2 Å². The highest BCUT2D eigenvalue weighted by atomic mass is 35.5. The van der Waals surface area contributed by atoms with Gasteiger partial charge in [-0.25, -0.2) is 0 Å². The molecule has 0 amide bonds. The molecule has 0 aliphatic carbocycles. The minimum absolute atomic E-state index is 0.531. The topological polar surface area (TPSA) is 41.1 Å². The van der Waals surface area contributed by atoms with Gasteiger partial charge in [-0.3, -0.25) is 4.90 Å². The predicted molar refractivity (Wildman–Crippen MR) is 57.7 cm³/mol. The lowest BCUT2D eigenvalue weighted by Gasteiger charge is -2.30. The van der Waals surface area contributed by atoms with Crippen molar-refractivity contribution in [2.75, 3.05) is 19.6 Å². The number of piperazine rings is 1. The molecule has 4 nitrogen and oxygen atoms in total. The number of hydrogen-bond donors (Lipinski definition) is 1. The third kappa shape index (κ3) is 2.63. The van der Waals surface area contributed by atoms with Gasteiger partial charge in [0.15, 0.2) is 0 Å². The maximum Gasteiger partial charge on any atom is 0.207 e. The molecule has 0 bridgehead atoms. The van der Waals surface area contributed by atoms with Crippen molar-refractivity contribution in [2.45, 2.75) is 19.5 Å². The number of nitrogens with zero attached hydrogens (tertiary/aromatic N) is 3. The quantitative estimate of drug-likeness (QED) is 0.826. The second kappa shape index (κ2) is 4.53. The SMILES string of the molecule is CC1CN(Cc2nnc(Cl)s2)CCN1. The largest absolute Gasteiger partial charge is 0.312 e. The summed E-state index contributed by atoms with van der Waals surface area (Å²) < 4.78 is 0.531. The van der Waals surface area contributed by atoms with Crippen LogP contribution in [0.1, 0.15) is 11.9 Å². The van der Waals surface area contributed by atoms with Crippen LogP contribution in [0, 0.1) is 0 Å². The van der Waals surface area contributed by atoms with E-state index in [-0.39, 0.29) is 0 Å². The molecule has 1 unspecified atom stereocenters. The highest BCUT2D eigenvalue weighted by Gasteiger charge is 2.16. The first-order chi connectivity index (χ1) is 6.74. The summed E-state index contributed by atoms with van der Waals surface area (Å²) in [6, 6.07) is 0.562. The maximum absolute atomic E-state index is 5.72. The lowest BCUT2D eigenvalue weighted by atomic mass is 10.2. The molecule has 78 valence electrons. The third-order valence-corrected chi connectivity index (χ3v) is 3.26.